The van der Waals surface area contributed by atoms with Gasteiger partial charge in [0.2, 0.25) is 0 Å². The van der Waals surface area contributed by atoms with Crippen LogP contribution >= 0.6 is 0 Å². The molecule has 18 heavy (non-hydrogen) atoms. The van der Waals surface area contributed by atoms with E-state index in [1.807, 2.05) is 0 Å². The molecule has 1 heterocycles. The molecule has 1 aliphatic rings. The van der Waals surface area contributed by atoms with Gasteiger partial charge in [-0.25, -0.2) is 4.98 Å². The van der Waals surface area contributed by atoms with Crippen molar-refractivity contribution in [2.24, 2.45) is 11.8 Å². The highest BCUT2D eigenvalue weighted by Gasteiger charge is 2.31. The fraction of sp³-hybridized carbons (Fsp3) is 0.615. The van der Waals surface area contributed by atoms with E-state index >= 15 is 0 Å². The van der Waals surface area contributed by atoms with Crippen LogP contribution in [0.3, 0.4) is 0 Å². The molecule has 0 aliphatic heterocycles. The molecule has 0 aromatic carbocycles. The van der Waals surface area contributed by atoms with Crippen LogP contribution < -0.4 is 0 Å². The summed E-state index contributed by atoms with van der Waals surface area (Å²) < 4.78 is 35.3. The summed E-state index contributed by atoms with van der Waals surface area (Å²) in [5, 5.41) is 8.59. The third-order valence-electron chi connectivity index (χ3n) is 3.13. The first-order chi connectivity index (χ1) is 8.30. The van der Waals surface area contributed by atoms with Gasteiger partial charge in [-0.2, -0.15) is 13.2 Å². The van der Waals surface area contributed by atoms with Gasteiger partial charge in [0.05, 0.1) is 6.20 Å². The predicted molar refractivity (Wildman–Crippen MR) is 63.1 cm³/mol. The van der Waals surface area contributed by atoms with E-state index in [2.05, 4.69) is 18.8 Å². The number of halogens is 3. The van der Waals surface area contributed by atoms with Crippen LogP contribution in [0.2, 0.25) is 0 Å². The maximum atomic E-state index is 11.8. The van der Waals surface area contributed by atoms with Crippen LogP contribution in [0.1, 0.15) is 38.8 Å². The van der Waals surface area contributed by atoms with Crippen molar-refractivity contribution in [3.05, 3.63) is 24.0 Å². The maximum Gasteiger partial charge on any atom is 0.433 e. The van der Waals surface area contributed by atoms with Gasteiger partial charge < -0.3 is 5.11 Å². The van der Waals surface area contributed by atoms with E-state index < -0.39 is 11.9 Å². The Morgan fingerprint density at radius 3 is 2.11 bits per heavy atom. The molecule has 1 fully saturated rings. The third-order valence-corrected chi connectivity index (χ3v) is 3.13. The Bertz CT molecular complexity index is 355. The molecule has 0 amide bonds. The SMILES string of the molecule is CC(C)C1CCC1.Oc1ccc(C(F)(F)F)nc1. The summed E-state index contributed by atoms with van der Waals surface area (Å²) in [7, 11) is 0. The van der Waals surface area contributed by atoms with Crippen molar-refractivity contribution in [1.82, 2.24) is 4.98 Å². The highest BCUT2D eigenvalue weighted by Crippen LogP contribution is 2.32. The Morgan fingerprint density at radius 1 is 1.28 bits per heavy atom. The second kappa shape index (κ2) is 6.07. The number of alkyl halides is 3. The summed E-state index contributed by atoms with van der Waals surface area (Å²) in [4.78, 5) is 2.97. The van der Waals surface area contributed by atoms with Gasteiger partial charge in [-0.05, 0) is 24.0 Å². The molecule has 2 rings (SSSR count). The lowest BCUT2D eigenvalue weighted by Gasteiger charge is -2.28. The molecule has 1 saturated carbocycles. The van der Waals surface area contributed by atoms with E-state index in [4.69, 9.17) is 5.11 Å². The zero-order valence-electron chi connectivity index (χ0n) is 10.5. The van der Waals surface area contributed by atoms with Gasteiger partial charge in [-0.3, -0.25) is 0 Å². The first-order valence-corrected chi connectivity index (χ1v) is 6.03. The minimum atomic E-state index is -4.44. The van der Waals surface area contributed by atoms with Gasteiger partial charge in [0, 0.05) is 0 Å². The Morgan fingerprint density at radius 2 is 1.89 bits per heavy atom. The van der Waals surface area contributed by atoms with E-state index in [1.54, 1.807) is 0 Å². The number of rotatable bonds is 1. The molecule has 0 unspecified atom stereocenters. The number of pyridine rings is 1. The fourth-order valence-corrected chi connectivity index (χ4v) is 1.66. The standard InChI is InChI=1S/C7H14.C6H4F3NO/c1-6(2)7-4-3-5-7;7-6(8,9)5-2-1-4(11)3-10-5/h6-7H,3-5H2,1-2H3;1-3,11H. The Hall–Kier alpha value is -1.26. The summed E-state index contributed by atoms with van der Waals surface area (Å²) >= 11 is 0. The Labute approximate surface area is 105 Å². The highest BCUT2D eigenvalue weighted by atomic mass is 19.4. The van der Waals surface area contributed by atoms with Crippen molar-refractivity contribution < 1.29 is 18.3 Å². The number of aromatic nitrogens is 1. The molecule has 1 aromatic rings. The van der Waals surface area contributed by atoms with Crippen LogP contribution in [0.25, 0.3) is 0 Å². The van der Waals surface area contributed by atoms with Gasteiger partial charge in [-0.1, -0.05) is 33.1 Å². The minimum Gasteiger partial charge on any atom is -0.506 e. The van der Waals surface area contributed by atoms with Crippen molar-refractivity contribution in [2.45, 2.75) is 39.3 Å². The predicted octanol–water partition coefficient (Wildman–Crippen LogP) is 4.25. The molecule has 2 nitrogen and oxygen atoms in total. The summed E-state index contributed by atoms with van der Waals surface area (Å²) in [5.41, 5.74) is -1.00. The van der Waals surface area contributed by atoms with Crippen molar-refractivity contribution in [1.29, 1.82) is 0 Å². The van der Waals surface area contributed by atoms with E-state index in [0.717, 1.165) is 30.2 Å². The topological polar surface area (TPSA) is 33.1 Å². The Balaban J connectivity index is 0.000000199. The van der Waals surface area contributed by atoms with Gasteiger partial charge >= 0.3 is 6.18 Å². The third kappa shape index (κ3) is 4.55. The smallest absolute Gasteiger partial charge is 0.433 e. The van der Waals surface area contributed by atoms with Crippen LogP contribution in [0.5, 0.6) is 5.75 Å². The fourth-order valence-electron chi connectivity index (χ4n) is 1.66. The van der Waals surface area contributed by atoms with Crippen LogP contribution in [0.15, 0.2) is 18.3 Å². The minimum absolute atomic E-state index is 0.280. The quantitative estimate of drug-likeness (QED) is 0.819. The monoisotopic (exact) mass is 261 g/mol. The zero-order chi connectivity index (χ0) is 13.8. The van der Waals surface area contributed by atoms with E-state index in [1.165, 1.54) is 19.3 Å². The summed E-state index contributed by atoms with van der Waals surface area (Å²) in [6.45, 7) is 4.65. The van der Waals surface area contributed by atoms with Gasteiger partial charge in [0.25, 0.3) is 0 Å². The highest BCUT2D eigenvalue weighted by molar-refractivity contribution is 5.19. The molecule has 0 radical (unpaired) electrons. The average molecular weight is 261 g/mol. The lowest BCUT2D eigenvalue weighted by atomic mass is 9.78. The Kier molecular flexibility index (Phi) is 4.99. The van der Waals surface area contributed by atoms with Crippen molar-refractivity contribution >= 4 is 0 Å². The molecule has 1 aliphatic carbocycles. The molecular weight excluding hydrogens is 243 g/mol. The summed E-state index contributed by atoms with van der Waals surface area (Å²) in [5.74, 6) is 1.76. The molecule has 0 spiro atoms. The summed E-state index contributed by atoms with van der Waals surface area (Å²) in [6, 6.07) is 1.66. The number of hydrogen-bond acceptors (Lipinski definition) is 2. The van der Waals surface area contributed by atoms with Gasteiger partial charge in [0.1, 0.15) is 11.4 Å². The normalized spacial score (nSPS) is 15.9. The van der Waals surface area contributed by atoms with Crippen molar-refractivity contribution in [2.75, 3.05) is 0 Å². The van der Waals surface area contributed by atoms with E-state index in [-0.39, 0.29) is 5.75 Å². The number of hydrogen-bond donors (Lipinski definition) is 1. The van der Waals surface area contributed by atoms with Crippen molar-refractivity contribution in [3.8, 4) is 5.75 Å². The number of aromatic hydroxyl groups is 1. The molecule has 1 N–H and O–H groups in total. The lowest BCUT2D eigenvalue weighted by molar-refractivity contribution is -0.141. The largest absolute Gasteiger partial charge is 0.506 e. The maximum absolute atomic E-state index is 11.8. The van der Waals surface area contributed by atoms with Crippen LogP contribution in [0.4, 0.5) is 13.2 Å². The van der Waals surface area contributed by atoms with Crippen LogP contribution in [-0.4, -0.2) is 10.1 Å². The molecule has 1 aromatic heterocycles. The van der Waals surface area contributed by atoms with Crippen molar-refractivity contribution in [3.63, 3.8) is 0 Å². The first-order valence-electron chi connectivity index (χ1n) is 6.03. The van der Waals surface area contributed by atoms with E-state index in [9.17, 15) is 13.2 Å². The second-order valence-corrected chi connectivity index (χ2v) is 4.83. The second-order valence-electron chi connectivity index (χ2n) is 4.83. The average Bonchev–Trinajstić information content (AvgIpc) is 2.13. The first kappa shape index (κ1) is 14.8. The number of nitrogens with zero attached hydrogens (tertiary/aromatic N) is 1. The lowest BCUT2D eigenvalue weighted by Crippen LogP contribution is -2.16. The molecule has 102 valence electrons. The van der Waals surface area contributed by atoms with Crippen LogP contribution in [-0.2, 0) is 6.18 Å². The van der Waals surface area contributed by atoms with E-state index in [0.29, 0.717) is 0 Å². The molecule has 0 atom stereocenters. The molecule has 0 bridgehead atoms. The molecule has 5 heteroatoms. The van der Waals surface area contributed by atoms with Crippen LogP contribution in [0, 0.1) is 11.8 Å². The van der Waals surface area contributed by atoms with Gasteiger partial charge in [0.15, 0.2) is 0 Å². The zero-order valence-corrected chi connectivity index (χ0v) is 10.5. The summed E-state index contributed by atoms with van der Waals surface area (Å²) in [6.07, 6.45) is 0.800. The molecule has 0 saturated heterocycles. The molecular formula is C13H18F3NO. The van der Waals surface area contributed by atoms with Gasteiger partial charge in [-0.15, -0.1) is 0 Å².